The van der Waals surface area contributed by atoms with E-state index < -0.39 is 5.41 Å². The molecule has 0 radical (unpaired) electrons. The van der Waals surface area contributed by atoms with Crippen molar-refractivity contribution in [1.29, 1.82) is 0 Å². The fraction of sp³-hybridized carbons (Fsp3) is 0.929. The van der Waals surface area contributed by atoms with Gasteiger partial charge in [0.05, 0.1) is 5.41 Å². The number of hydrogen-bond acceptors (Lipinski definition) is 2. The van der Waals surface area contributed by atoms with Crippen LogP contribution in [0.25, 0.3) is 0 Å². The monoisotopic (exact) mass is 240 g/mol. The van der Waals surface area contributed by atoms with Gasteiger partial charge in [-0.15, -0.1) is 0 Å². The fourth-order valence-electron chi connectivity index (χ4n) is 2.34. The van der Waals surface area contributed by atoms with Crippen LogP contribution in [0, 0.1) is 17.3 Å². The maximum absolute atomic E-state index is 11.8. The van der Waals surface area contributed by atoms with Crippen molar-refractivity contribution in [1.82, 2.24) is 5.32 Å². The fourth-order valence-corrected chi connectivity index (χ4v) is 2.34. The van der Waals surface area contributed by atoms with Gasteiger partial charge in [-0.3, -0.25) is 4.79 Å². The molecule has 0 bridgehead atoms. The molecule has 0 aliphatic heterocycles. The summed E-state index contributed by atoms with van der Waals surface area (Å²) in [6.45, 7) is 7.33. The van der Waals surface area contributed by atoms with Crippen molar-refractivity contribution in [3.8, 4) is 0 Å². The van der Waals surface area contributed by atoms with Gasteiger partial charge in [-0.05, 0) is 32.1 Å². The zero-order valence-electron chi connectivity index (χ0n) is 11.6. The van der Waals surface area contributed by atoms with E-state index in [0.717, 1.165) is 24.8 Å². The minimum absolute atomic E-state index is 0.0872. The topological polar surface area (TPSA) is 55.1 Å². The molecule has 0 unspecified atom stereocenters. The highest BCUT2D eigenvalue weighted by molar-refractivity contribution is 5.81. The van der Waals surface area contributed by atoms with Crippen LogP contribution in [-0.4, -0.2) is 19.0 Å². The number of carbonyl (C=O) groups is 1. The smallest absolute Gasteiger partial charge is 0.226 e. The zero-order chi connectivity index (χ0) is 12.9. The number of carbonyl (C=O) groups excluding carboxylic acids is 1. The Bertz CT molecular complexity index is 243. The lowest BCUT2D eigenvalue weighted by atomic mass is 9.81. The van der Waals surface area contributed by atoms with Crippen LogP contribution < -0.4 is 11.1 Å². The molecule has 0 aromatic heterocycles. The first-order valence-corrected chi connectivity index (χ1v) is 6.94. The second kappa shape index (κ2) is 6.39. The van der Waals surface area contributed by atoms with Crippen molar-refractivity contribution in [2.24, 2.45) is 23.0 Å². The van der Waals surface area contributed by atoms with Crippen molar-refractivity contribution in [3.63, 3.8) is 0 Å². The van der Waals surface area contributed by atoms with E-state index >= 15 is 0 Å². The van der Waals surface area contributed by atoms with Crippen LogP contribution in [0.3, 0.4) is 0 Å². The third-order valence-electron chi connectivity index (χ3n) is 4.10. The molecule has 1 amide bonds. The number of amides is 1. The Labute approximate surface area is 106 Å². The van der Waals surface area contributed by atoms with Crippen LogP contribution in [0.2, 0.25) is 0 Å². The quantitative estimate of drug-likeness (QED) is 0.774. The van der Waals surface area contributed by atoms with Gasteiger partial charge in [0.25, 0.3) is 0 Å². The van der Waals surface area contributed by atoms with Crippen LogP contribution in [0.1, 0.15) is 52.9 Å². The van der Waals surface area contributed by atoms with E-state index in [1.54, 1.807) is 0 Å². The largest absolute Gasteiger partial charge is 0.356 e. The molecule has 0 aromatic carbocycles. The molecule has 0 atom stereocenters. The third-order valence-corrected chi connectivity index (χ3v) is 4.10. The van der Waals surface area contributed by atoms with Crippen LogP contribution in [0.5, 0.6) is 0 Å². The third kappa shape index (κ3) is 4.66. The molecule has 100 valence electrons. The first-order valence-electron chi connectivity index (χ1n) is 6.94. The highest BCUT2D eigenvalue weighted by atomic mass is 16.2. The summed E-state index contributed by atoms with van der Waals surface area (Å²) in [5.74, 6) is 1.80. The van der Waals surface area contributed by atoms with Gasteiger partial charge >= 0.3 is 0 Å². The van der Waals surface area contributed by atoms with Gasteiger partial charge in [-0.2, -0.15) is 0 Å². The Morgan fingerprint density at radius 2 is 1.88 bits per heavy atom. The van der Waals surface area contributed by atoms with E-state index in [1.807, 2.05) is 13.8 Å². The van der Waals surface area contributed by atoms with Crippen LogP contribution in [-0.2, 0) is 4.79 Å². The number of hydrogen-bond donors (Lipinski definition) is 2. The summed E-state index contributed by atoms with van der Waals surface area (Å²) in [6, 6.07) is 0. The van der Waals surface area contributed by atoms with E-state index in [-0.39, 0.29) is 5.91 Å². The Morgan fingerprint density at radius 3 is 2.41 bits per heavy atom. The first-order chi connectivity index (χ1) is 7.95. The molecule has 0 saturated heterocycles. The lowest BCUT2D eigenvalue weighted by molar-refractivity contribution is -0.128. The lowest BCUT2D eigenvalue weighted by Gasteiger charge is -2.27. The molecule has 1 rings (SSSR count). The van der Waals surface area contributed by atoms with Gasteiger partial charge < -0.3 is 11.1 Å². The molecule has 1 fully saturated rings. The highest BCUT2D eigenvalue weighted by Gasteiger charge is 2.25. The van der Waals surface area contributed by atoms with Gasteiger partial charge in [0.1, 0.15) is 0 Å². The maximum Gasteiger partial charge on any atom is 0.226 e. The molecule has 1 aliphatic rings. The van der Waals surface area contributed by atoms with Crippen molar-refractivity contribution < 1.29 is 4.79 Å². The van der Waals surface area contributed by atoms with E-state index in [4.69, 9.17) is 5.73 Å². The summed E-state index contributed by atoms with van der Waals surface area (Å²) in [5.41, 5.74) is 5.15. The minimum atomic E-state index is -0.429. The first kappa shape index (κ1) is 14.5. The van der Waals surface area contributed by atoms with E-state index in [2.05, 4.69) is 12.2 Å². The number of rotatable bonds is 5. The summed E-state index contributed by atoms with van der Waals surface area (Å²) in [5, 5.41) is 3.01. The van der Waals surface area contributed by atoms with Crippen molar-refractivity contribution in [2.45, 2.75) is 52.9 Å². The lowest BCUT2D eigenvalue weighted by Crippen LogP contribution is -2.42. The van der Waals surface area contributed by atoms with E-state index in [1.165, 1.54) is 25.7 Å². The summed E-state index contributed by atoms with van der Waals surface area (Å²) >= 11 is 0. The van der Waals surface area contributed by atoms with E-state index in [0.29, 0.717) is 6.54 Å². The Kier molecular flexibility index (Phi) is 5.44. The average molecular weight is 240 g/mol. The zero-order valence-corrected chi connectivity index (χ0v) is 11.6. The summed E-state index contributed by atoms with van der Waals surface area (Å²) in [7, 11) is 0. The van der Waals surface area contributed by atoms with Crippen molar-refractivity contribution >= 4 is 5.91 Å². The Morgan fingerprint density at radius 1 is 1.29 bits per heavy atom. The summed E-state index contributed by atoms with van der Waals surface area (Å²) in [4.78, 5) is 11.8. The van der Waals surface area contributed by atoms with Gasteiger partial charge in [0, 0.05) is 13.1 Å². The van der Waals surface area contributed by atoms with Crippen molar-refractivity contribution in [3.05, 3.63) is 0 Å². The predicted molar refractivity (Wildman–Crippen MR) is 71.6 cm³/mol. The van der Waals surface area contributed by atoms with E-state index in [9.17, 15) is 4.79 Å². The molecule has 17 heavy (non-hydrogen) atoms. The molecular weight excluding hydrogens is 212 g/mol. The SMILES string of the molecule is CC1CCC(CCNC(=O)C(C)(C)CN)CC1. The molecular formula is C14H28N2O. The molecule has 0 spiro atoms. The normalized spacial score (nSPS) is 25.6. The second-order valence-electron chi connectivity index (χ2n) is 6.26. The minimum Gasteiger partial charge on any atom is -0.356 e. The van der Waals surface area contributed by atoms with Gasteiger partial charge in [-0.25, -0.2) is 0 Å². The van der Waals surface area contributed by atoms with Crippen LogP contribution in [0.15, 0.2) is 0 Å². The number of nitrogens with one attached hydrogen (secondary N) is 1. The standard InChI is InChI=1S/C14H28N2O/c1-11-4-6-12(7-5-11)8-9-16-13(17)14(2,3)10-15/h11-12H,4-10,15H2,1-3H3,(H,16,17). The summed E-state index contributed by atoms with van der Waals surface area (Å²) < 4.78 is 0. The molecule has 0 heterocycles. The molecule has 3 N–H and O–H groups in total. The highest BCUT2D eigenvalue weighted by Crippen LogP contribution is 2.29. The molecule has 3 heteroatoms. The Balaban J connectivity index is 2.18. The Hall–Kier alpha value is -0.570. The van der Waals surface area contributed by atoms with Gasteiger partial charge in [-0.1, -0.05) is 32.6 Å². The molecule has 0 aromatic rings. The summed E-state index contributed by atoms with van der Waals surface area (Å²) in [6.07, 6.45) is 6.49. The van der Waals surface area contributed by atoms with Gasteiger partial charge in [0.15, 0.2) is 0 Å². The second-order valence-corrected chi connectivity index (χ2v) is 6.26. The molecule has 3 nitrogen and oxygen atoms in total. The predicted octanol–water partition coefficient (Wildman–Crippen LogP) is 2.30. The van der Waals surface area contributed by atoms with Crippen LogP contribution >= 0.6 is 0 Å². The molecule has 1 aliphatic carbocycles. The number of nitrogens with two attached hydrogens (primary N) is 1. The average Bonchev–Trinajstić information content (AvgIpc) is 2.31. The maximum atomic E-state index is 11.8. The van der Waals surface area contributed by atoms with Gasteiger partial charge in [0.2, 0.25) is 5.91 Å². The van der Waals surface area contributed by atoms with Crippen LogP contribution in [0.4, 0.5) is 0 Å². The molecule has 1 saturated carbocycles. The van der Waals surface area contributed by atoms with Crippen molar-refractivity contribution in [2.75, 3.05) is 13.1 Å².